The maximum atomic E-state index is 13.0. The average molecular weight is 387 g/mol. The molecule has 152 valence electrons. The predicted molar refractivity (Wildman–Crippen MR) is 105 cm³/mol. The molecule has 2 aliphatic rings. The fraction of sp³-hybridized carbons (Fsp3) is 0.571. The zero-order chi connectivity index (χ0) is 20.6. The zero-order valence-corrected chi connectivity index (χ0v) is 17.0. The third-order valence-corrected chi connectivity index (χ3v) is 5.27. The summed E-state index contributed by atoms with van der Waals surface area (Å²) < 4.78 is 5.43. The second kappa shape index (κ2) is 7.45. The molecule has 0 radical (unpaired) electrons. The van der Waals surface area contributed by atoms with E-state index in [1.807, 2.05) is 38.7 Å². The van der Waals surface area contributed by atoms with E-state index < -0.39 is 11.5 Å². The molecule has 7 heteroatoms. The first-order valence-electron chi connectivity index (χ1n) is 9.75. The Hall–Kier alpha value is -2.57. The average Bonchev–Trinajstić information content (AvgIpc) is 3.40. The van der Waals surface area contributed by atoms with Crippen molar-refractivity contribution in [3.8, 4) is 0 Å². The normalized spacial score (nSPS) is 24.6. The van der Waals surface area contributed by atoms with Crippen LogP contribution < -0.4 is 5.73 Å². The van der Waals surface area contributed by atoms with E-state index in [-0.39, 0.29) is 29.9 Å². The molecule has 1 saturated carbocycles. The van der Waals surface area contributed by atoms with Crippen molar-refractivity contribution in [2.75, 3.05) is 19.6 Å². The summed E-state index contributed by atoms with van der Waals surface area (Å²) in [4.78, 5) is 40.2. The van der Waals surface area contributed by atoms with Gasteiger partial charge in [-0.3, -0.25) is 9.59 Å². The maximum absolute atomic E-state index is 13.0. The van der Waals surface area contributed by atoms with Crippen LogP contribution in [0.15, 0.2) is 24.3 Å². The minimum Gasteiger partial charge on any atom is -0.444 e. The number of nitrogens with zero attached hydrogens (tertiary/aromatic N) is 2. The predicted octanol–water partition coefficient (Wildman–Crippen LogP) is 2.36. The van der Waals surface area contributed by atoms with E-state index >= 15 is 0 Å². The smallest absolute Gasteiger partial charge is 0.410 e. The lowest BCUT2D eigenvalue weighted by Gasteiger charge is -2.40. The Morgan fingerprint density at radius 1 is 1.18 bits per heavy atom. The number of hydrogen-bond donors (Lipinski definition) is 1. The second-order valence-electron chi connectivity index (χ2n) is 8.75. The highest BCUT2D eigenvalue weighted by atomic mass is 16.6. The van der Waals surface area contributed by atoms with E-state index in [1.165, 1.54) is 0 Å². The minimum absolute atomic E-state index is 0.0630. The minimum atomic E-state index is -0.534. The van der Waals surface area contributed by atoms with E-state index in [9.17, 15) is 14.4 Å². The topological polar surface area (TPSA) is 92.9 Å². The molecule has 0 aromatic heterocycles. The fourth-order valence-electron chi connectivity index (χ4n) is 3.75. The van der Waals surface area contributed by atoms with E-state index in [2.05, 4.69) is 0 Å². The van der Waals surface area contributed by atoms with Gasteiger partial charge in [-0.1, -0.05) is 12.1 Å². The summed E-state index contributed by atoms with van der Waals surface area (Å²) in [6.45, 7) is 8.93. The van der Waals surface area contributed by atoms with Crippen molar-refractivity contribution in [3.05, 3.63) is 35.4 Å². The Labute approximate surface area is 165 Å². The molecule has 2 fully saturated rings. The van der Waals surface area contributed by atoms with Crippen molar-refractivity contribution in [1.29, 1.82) is 0 Å². The number of piperazine rings is 1. The molecule has 7 nitrogen and oxygen atoms in total. The number of nitrogens with two attached hydrogens (primary N) is 1. The van der Waals surface area contributed by atoms with Crippen LogP contribution in [0.5, 0.6) is 0 Å². The summed E-state index contributed by atoms with van der Waals surface area (Å²) in [6.07, 6.45) is 0.444. The van der Waals surface area contributed by atoms with E-state index in [1.54, 1.807) is 23.1 Å². The molecule has 3 unspecified atom stereocenters. The second-order valence-corrected chi connectivity index (χ2v) is 8.75. The number of benzene rings is 1. The lowest BCUT2D eigenvalue weighted by molar-refractivity contribution is -0.137. The summed E-state index contributed by atoms with van der Waals surface area (Å²) in [6, 6.07) is 7.14. The van der Waals surface area contributed by atoms with Crippen LogP contribution in [-0.2, 0) is 9.53 Å². The van der Waals surface area contributed by atoms with Gasteiger partial charge >= 0.3 is 6.09 Å². The Balaban J connectivity index is 1.59. The summed E-state index contributed by atoms with van der Waals surface area (Å²) >= 11 is 0. The Morgan fingerprint density at radius 2 is 1.89 bits per heavy atom. The van der Waals surface area contributed by atoms with Crippen LogP contribution in [-0.4, -0.2) is 59.0 Å². The van der Waals surface area contributed by atoms with Crippen molar-refractivity contribution in [3.63, 3.8) is 0 Å². The largest absolute Gasteiger partial charge is 0.444 e. The summed E-state index contributed by atoms with van der Waals surface area (Å²) in [7, 11) is 0. The number of carbonyl (C=O) groups excluding carboxylic acids is 3. The van der Waals surface area contributed by atoms with E-state index in [0.29, 0.717) is 25.2 Å². The van der Waals surface area contributed by atoms with Crippen LogP contribution in [0.1, 0.15) is 56.0 Å². The molecule has 1 aliphatic carbocycles. The van der Waals surface area contributed by atoms with E-state index in [4.69, 9.17) is 10.5 Å². The highest BCUT2D eigenvalue weighted by Gasteiger charge is 2.47. The van der Waals surface area contributed by atoms with Crippen LogP contribution in [0, 0.1) is 5.92 Å². The standard InChI is InChI=1S/C21H29N3O4/c1-13-12-23(20(27)28-21(2,3)4)8-9-24(13)19(26)17-11-16(17)14-6-5-7-15(10-14)18(22)25/h5-7,10,13,16-17H,8-9,11-12H2,1-4H3,(H2,22,25). The number of rotatable bonds is 3. The summed E-state index contributed by atoms with van der Waals surface area (Å²) in [5, 5.41) is 0. The van der Waals surface area contributed by atoms with Crippen molar-refractivity contribution in [2.24, 2.45) is 11.7 Å². The van der Waals surface area contributed by atoms with Crippen LogP contribution in [0.25, 0.3) is 0 Å². The third kappa shape index (κ3) is 4.46. The molecule has 1 saturated heterocycles. The third-order valence-electron chi connectivity index (χ3n) is 5.27. The number of carbonyl (C=O) groups is 3. The highest BCUT2D eigenvalue weighted by Crippen LogP contribution is 2.49. The van der Waals surface area contributed by atoms with Crippen molar-refractivity contribution < 1.29 is 19.1 Å². The Morgan fingerprint density at radius 3 is 2.50 bits per heavy atom. The fourth-order valence-corrected chi connectivity index (χ4v) is 3.75. The van der Waals surface area contributed by atoms with Crippen LogP contribution in [0.3, 0.4) is 0 Å². The molecule has 1 aromatic carbocycles. The van der Waals surface area contributed by atoms with Gasteiger partial charge in [0.2, 0.25) is 11.8 Å². The van der Waals surface area contributed by atoms with Gasteiger partial charge in [0.15, 0.2) is 0 Å². The lowest BCUT2D eigenvalue weighted by atomic mass is 10.0. The molecular formula is C21H29N3O4. The van der Waals surface area contributed by atoms with Gasteiger partial charge in [-0.15, -0.1) is 0 Å². The van der Waals surface area contributed by atoms with Gasteiger partial charge in [0, 0.05) is 37.2 Å². The van der Waals surface area contributed by atoms with Gasteiger partial charge in [-0.25, -0.2) is 4.79 Å². The van der Waals surface area contributed by atoms with Gasteiger partial charge in [0.1, 0.15) is 5.60 Å². The molecule has 28 heavy (non-hydrogen) atoms. The molecule has 3 atom stereocenters. The van der Waals surface area contributed by atoms with Crippen LogP contribution in [0.4, 0.5) is 4.79 Å². The molecule has 1 aromatic rings. The van der Waals surface area contributed by atoms with Crippen molar-refractivity contribution in [2.45, 2.75) is 51.7 Å². The zero-order valence-electron chi connectivity index (χ0n) is 17.0. The Kier molecular flexibility index (Phi) is 5.37. The van der Waals surface area contributed by atoms with Crippen LogP contribution >= 0.6 is 0 Å². The molecule has 1 heterocycles. The monoisotopic (exact) mass is 387 g/mol. The Bertz CT molecular complexity index is 786. The van der Waals surface area contributed by atoms with E-state index in [0.717, 1.165) is 12.0 Å². The first-order valence-corrected chi connectivity index (χ1v) is 9.75. The molecule has 0 spiro atoms. The molecule has 1 aliphatic heterocycles. The molecule has 3 amide bonds. The lowest BCUT2D eigenvalue weighted by Crippen LogP contribution is -2.56. The van der Waals surface area contributed by atoms with Gasteiger partial charge in [0.05, 0.1) is 0 Å². The van der Waals surface area contributed by atoms with Crippen molar-refractivity contribution in [1.82, 2.24) is 9.80 Å². The first kappa shape index (κ1) is 20.2. The SMILES string of the molecule is CC1CN(C(=O)OC(C)(C)C)CCN1C(=O)C1CC1c1cccc(C(N)=O)c1. The van der Waals surface area contributed by atoms with Gasteiger partial charge in [-0.05, 0) is 57.7 Å². The molecular weight excluding hydrogens is 358 g/mol. The molecule has 2 N–H and O–H groups in total. The van der Waals surface area contributed by atoms with Crippen molar-refractivity contribution >= 4 is 17.9 Å². The molecule has 3 rings (SSSR count). The van der Waals surface area contributed by atoms with Gasteiger partial charge < -0.3 is 20.3 Å². The highest BCUT2D eigenvalue weighted by molar-refractivity contribution is 5.93. The number of hydrogen-bond acceptors (Lipinski definition) is 4. The number of ether oxygens (including phenoxy) is 1. The number of primary amides is 1. The summed E-state index contributed by atoms with van der Waals surface area (Å²) in [5.41, 5.74) is 6.27. The number of amides is 3. The van der Waals surface area contributed by atoms with Crippen LogP contribution in [0.2, 0.25) is 0 Å². The van der Waals surface area contributed by atoms with Gasteiger partial charge in [-0.2, -0.15) is 0 Å². The quantitative estimate of drug-likeness (QED) is 0.862. The van der Waals surface area contributed by atoms with Gasteiger partial charge in [0.25, 0.3) is 0 Å². The first-order chi connectivity index (χ1) is 13.1. The summed E-state index contributed by atoms with van der Waals surface area (Å²) in [5.74, 6) is -0.287. The maximum Gasteiger partial charge on any atom is 0.410 e. The molecule has 0 bridgehead atoms.